The van der Waals surface area contributed by atoms with E-state index < -0.39 is 11.2 Å². The van der Waals surface area contributed by atoms with Gasteiger partial charge in [-0.25, -0.2) is 4.79 Å². The average Bonchev–Trinajstić information content (AvgIpc) is 2.41. The molecular weight excluding hydrogens is 270 g/mol. The van der Waals surface area contributed by atoms with Gasteiger partial charge in [0.25, 0.3) is 5.56 Å². The molecule has 0 fully saturated rings. The molecule has 0 aliphatic carbocycles. The number of aromatic amines is 1. The van der Waals surface area contributed by atoms with Crippen LogP contribution in [0.4, 0.5) is 5.69 Å². The molecule has 110 valence electrons. The number of carbonyl (C=O) groups excluding carboxylic acids is 1. The summed E-state index contributed by atoms with van der Waals surface area (Å²) in [6.45, 7) is 3.60. The summed E-state index contributed by atoms with van der Waals surface area (Å²) < 4.78 is 1.20. The van der Waals surface area contributed by atoms with E-state index in [1.807, 2.05) is 32.0 Å². The number of hydrogen-bond donors (Lipinski definition) is 2. The predicted molar refractivity (Wildman–Crippen MR) is 80.5 cm³/mol. The quantitative estimate of drug-likeness (QED) is 0.881. The zero-order valence-corrected chi connectivity index (χ0v) is 12.0. The molecule has 6 nitrogen and oxygen atoms in total. The molecule has 21 heavy (non-hydrogen) atoms. The van der Waals surface area contributed by atoms with E-state index in [1.165, 1.54) is 10.8 Å². The molecule has 1 amide bonds. The van der Waals surface area contributed by atoms with Gasteiger partial charge in [0, 0.05) is 17.4 Å². The van der Waals surface area contributed by atoms with Crippen molar-refractivity contribution >= 4 is 11.6 Å². The van der Waals surface area contributed by atoms with Gasteiger partial charge in [0.1, 0.15) is 6.54 Å². The number of benzene rings is 1. The number of H-pyrrole nitrogens is 1. The fourth-order valence-corrected chi connectivity index (χ4v) is 2.00. The first-order valence-electron chi connectivity index (χ1n) is 6.68. The molecule has 0 atom stereocenters. The van der Waals surface area contributed by atoms with E-state index in [-0.39, 0.29) is 12.5 Å². The van der Waals surface area contributed by atoms with Crippen molar-refractivity contribution in [2.24, 2.45) is 0 Å². The number of anilines is 1. The molecule has 1 aromatic heterocycles. The first-order valence-corrected chi connectivity index (χ1v) is 6.68. The number of carbonyl (C=O) groups is 1. The number of aryl methyl sites for hydroxylation is 2. The highest BCUT2D eigenvalue weighted by atomic mass is 16.2. The van der Waals surface area contributed by atoms with E-state index in [0.717, 1.165) is 5.56 Å². The highest BCUT2D eigenvalue weighted by Gasteiger charge is 2.08. The number of rotatable bonds is 4. The van der Waals surface area contributed by atoms with Crippen LogP contribution in [-0.4, -0.2) is 15.5 Å². The lowest BCUT2D eigenvalue weighted by atomic mass is 10.2. The van der Waals surface area contributed by atoms with Gasteiger partial charge in [-0.3, -0.25) is 19.1 Å². The second-order valence-electron chi connectivity index (χ2n) is 4.81. The summed E-state index contributed by atoms with van der Waals surface area (Å²) in [7, 11) is 0. The standard InChI is InChI=1S/C15H17N3O3/c1-3-11-8-18(15(21)17-14(11)20)9-13(19)16-12-6-4-5-10(2)7-12/h4-8H,3,9H2,1-2H3,(H,16,19)(H,17,20,21). The van der Waals surface area contributed by atoms with E-state index in [4.69, 9.17) is 0 Å². The molecule has 1 heterocycles. The Kier molecular flexibility index (Phi) is 4.37. The summed E-state index contributed by atoms with van der Waals surface area (Å²) in [4.78, 5) is 37.3. The molecule has 0 spiro atoms. The summed E-state index contributed by atoms with van der Waals surface area (Å²) in [5.74, 6) is -0.322. The average molecular weight is 287 g/mol. The molecule has 2 aromatic rings. The molecule has 0 aliphatic rings. The van der Waals surface area contributed by atoms with Crippen molar-refractivity contribution in [2.45, 2.75) is 26.8 Å². The van der Waals surface area contributed by atoms with Gasteiger partial charge >= 0.3 is 5.69 Å². The van der Waals surface area contributed by atoms with Gasteiger partial charge in [-0.15, -0.1) is 0 Å². The van der Waals surface area contributed by atoms with E-state index in [9.17, 15) is 14.4 Å². The Morgan fingerprint density at radius 2 is 2.10 bits per heavy atom. The zero-order chi connectivity index (χ0) is 15.4. The second-order valence-corrected chi connectivity index (χ2v) is 4.81. The van der Waals surface area contributed by atoms with Crippen molar-refractivity contribution in [1.82, 2.24) is 9.55 Å². The maximum atomic E-state index is 12.0. The Balaban J connectivity index is 2.16. The topological polar surface area (TPSA) is 84.0 Å². The minimum atomic E-state index is -0.586. The van der Waals surface area contributed by atoms with E-state index in [0.29, 0.717) is 17.7 Å². The molecular formula is C15H17N3O3. The Labute approximate surface area is 121 Å². The maximum Gasteiger partial charge on any atom is 0.328 e. The first kappa shape index (κ1) is 14.8. The van der Waals surface area contributed by atoms with Crippen LogP contribution in [0.5, 0.6) is 0 Å². The van der Waals surface area contributed by atoms with Crippen LogP contribution in [0.3, 0.4) is 0 Å². The van der Waals surface area contributed by atoms with Crippen molar-refractivity contribution in [2.75, 3.05) is 5.32 Å². The van der Waals surface area contributed by atoms with Gasteiger partial charge in [-0.05, 0) is 31.0 Å². The fourth-order valence-electron chi connectivity index (χ4n) is 2.00. The summed E-state index contributed by atoms with van der Waals surface area (Å²) in [5.41, 5.74) is 1.18. The van der Waals surface area contributed by atoms with Crippen LogP contribution >= 0.6 is 0 Å². The molecule has 0 radical (unpaired) electrons. The van der Waals surface area contributed by atoms with Gasteiger partial charge < -0.3 is 5.32 Å². The highest BCUT2D eigenvalue weighted by Crippen LogP contribution is 2.09. The van der Waals surface area contributed by atoms with Crippen molar-refractivity contribution in [1.29, 1.82) is 0 Å². The molecule has 0 bridgehead atoms. The third-order valence-electron chi connectivity index (χ3n) is 3.08. The number of nitrogens with zero attached hydrogens (tertiary/aromatic N) is 1. The summed E-state index contributed by atoms with van der Waals surface area (Å²) in [6.07, 6.45) is 1.92. The Morgan fingerprint density at radius 3 is 2.76 bits per heavy atom. The summed E-state index contributed by atoms with van der Waals surface area (Å²) in [5, 5.41) is 2.72. The number of nitrogens with one attached hydrogen (secondary N) is 2. The third-order valence-corrected chi connectivity index (χ3v) is 3.08. The first-order chi connectivity index (χ1) is 9.99. The minimum Gasteiger partial charge on any atom is -0.325 e. The Hall–Kier alpha value is -2.63. The van der Waals surface area contributed by atoms with Crippen LogP contribution in [0, 0.1) is 6.92 Å². The Morgan fingerprint density at radius 1 is 1.33 bits per heavy atom. The molecule has 0 saturated heterocycles. The monoisotopic (exact) mass is 287 g/mol. The van der Waals surface area contributed by atoms with Crippen LogP contribution in [0.25, 0.3) is 0 Å². The molecule has 2 rings (SSSR count). The zero-order valence-electron chi connectivity index (χ0n) is 12.0. The molecule has 0 unspecified atom stereocenters. The van der Waals surface area contributed by atoms with Gasteiger partial charge in [0.05, 0.1) is 0 Å². The third kappa shape index (κ3) is 3.68. The van der Waals surface area contributed by atoms with Crippen molar-refractivity contribution in [3.8, 4) is 0 Å². The van der Waals surface area contributed by atoms with E-state index >= 15 is 0 Å². The number of aromatic nitrogens is 2. The molecule has 0 aliphatic heterocycles. The molecule has 1 aromatic carbocycles. The van der Waals surface area contributed by atoms with Crippen molar-refractivity contribution < 1.29 is 4.79 Å². The lowest BCUT2D eigenvalue weighted by Crippen LogP contribution is -2.34. The second kappa shape index (κ2) is 6.21. The minimum absolute atomic E-state index is 0.142. The summed E-state index contributed by atoms with van der Waals surface area (Å²) in [6, 6.07) is 7.38. The SMILES string of the molecule is CCc1cn(CC(=O)Nc2cccc(C)c2)c(=O)[nH]c1=O. The normalized spacial score (nSPS) is 10.4. The van der Waals surface area contributed by atoms with Gasteiger partial charge in [-0.2, -0.15) is 0 Å². The van der Waals surface area contributed by atoms with Crippen LogP contribution in [0.15, 0.2) is 40.1 Å². The van der Waals surface area contributed by atoms with Crippen LogP contribution in [0.2, 0.25) is 0 Å². The van der Waals surface area contributed by atoms with Gasteiger partial charge in [0.2, 0.25) is 5.91 Å². The highest BCUT2D eigenvalue weighted by molar-refractivity contribution is 5.90. The van der Waals surface area contributed by atoms with Crippen molar-refractivity contribution in [3.05, 3.63) is 62.4 Å². The van der Waals surface area contributed by atoms with E-state index in [2.05, 4.69) is 10.3 Å². The van der Waals surface area contributed by atoms with Crippen LogP contribution in [-0.2, 0) is 17.8 Å². The van der Waals surface area contributed by atoms with Crippen molar-refractivity contribution in [3.63, 3.8) is 0 Å². The van der Waals surface area contributed by atoms with E-state index in [1.54, 1.807) is 6.07 Å². The van der Waals surface area contributed by atoms with Gasteiger partial charge in [-0.1, -0.05) is 19.1 Å². The number of amides is 1. The molecule has 6 heteroatoms. The maximum absolute atomic E-state index is 12.0. The van der Waals surface area contributed by atoms with Gasteiger partial charge in [0.15, 0.2) is 0 Å². The molecule has 2 N–H and O–H groups in total. The lowest BCUT2D eigenvalue weighted by Gasteiger charge is -2.08. The van der Waals surface area contributed by atoms with Crippen LogP contribution in [0.1, 0.15) is 18.1 Å². The molecule has 0 saturated carbocycles. The van der Waals surface area contributed by atoms with Crippen LogP contribution < -0.4 is 16.6 Å². The smallest absolute Gasteiger partial charge is 0.325 e. The largest absolute Gasteiger partial charge is 0.328 e. The Bertz CT molecular complexity index is 774. The number of hydrogen-bond acceptors (Lipinski definition) is 3. The fraction of sp³-hybridized carbons (Fsp3) is 0.267. The summed E-state index contributed by atoms with van der Waals surface area (Å²) >= 11 is 0. The predicted octanol–water partition coefficient (Wildman–Crippen LogP) is 1.05. The lowest BCUT2D eigenvalue weighted by molar-refractivity contribution is -0.116.